The minimum atomic E-state index is -1.97. The van der Waals surface area contributed by atoms with E-state index in [1.165, 1.54) is 80.5 Å². The molecule has 0 radical (unpaired) electrons. The highest BCUT2D eigenvalue weighted by Crippen LogP contribution is 2.44. The molecule has 3 heteroatoms. The van der Waals surface area contributed by atoms with Crippen molar-refractivity contribution in [1.29, 1.82) is 0 Å². The van der Waals surface area contributed by atoms with Gasteiger partial charge in [-0.25, -0.2) is 0 Å². The summed E-state index contributed by atoms with van der Waals surface area (Å²) in [6.45, 7) is 5.05. The van der Waals surface area contributed by atoms with E-state index in [1.807, 2.05) is 11.3 Å². The van der Waals surface area contributed by atoms with Crippen molar-refractivity contribution in [1.82, 2.24) is 0 Å². The minimum absolute atomic E-state index is 1.15. The van der Waals surface area contributed by atoms with Gasteiger partial charge in [0.1, 0.15) is 8.07 Å². The van der Waals surface area contributed by atoms with Crippen LogP contribution in [0.15, 0.2) is 164 Å². The minimum Gasteiger partial charge on any atom is -0.310 e. The van der Waals surface area contributed by atoms with Gasteiger partial charge in [-0.15, -0.1) is 11.3 Å². The number of anilines is 3. The number of hydrogen-bond donors (Lipinski definition) is 0. The fourth-order valence-electron chi connectivity index (χ4n) is 8.06. The highest BCUT2D eigenvalue weighted by atomic mass is 32.1. The molecule has 0 unspecified atom stereocenters. The Hall–Kier alpha value is -5.48. The van der Waals surface area contributed by atoms with Crippen molar-refractivity contribution in [2.45, 2.75) is 13.1 Å². The maximum atomic E-state index is 2.53. The number of rotatable bonds is 4. The first kappa shape index (κ1) is 28.5. The van der Waals surface area contributed by atoms with E-state index in [-0.39, 0.29) is 0 Å². The molecule has 1 aliphatic rings. The predicted molar refractivity (Wildman–Crippen MR) is 217 cm³/mol. The highest BCUT2D eigenvalue weighted by Gasteiger charge is 2.39. The summed E-state index contributed by atoms with van der Waals surface area (Å²) < 4.78 is 2.80. The van der Waals surface area contributed by atoms with Gasteiger partial charge in [-0.1, -0.05) is 128 Å². The van der Waals surface area contributed by atoms with Crippen LogP contribution in [-0.2, 0) is 0 Å². The summed E-state index contributed by atoms with van der Waals surface area (Å²) in [6.07, 6.45) is 0. The lowest BCUT2D eigenvalue weighted by Gasteiger charge is -2.28. The van der Waals surface area contributed by atoms with E-state index in [0.717, 1.165) is 5.69 Å². The zero-order valence-electron chi connectivity index (χ0n) is 27.4. The molecule has 2 heterocycles. The molecule has 0 atom stereocenters. The first-order valence-corrected chi connectivity index (χ1v) is 20.8. The smallest absolute Gasteiger partial charge is 0.114 e. The van der Waals surface area contributed by atoms with Gasteiger partial charge < -0.3 is 4.90 Å². The summed E-state index contributed by atoms with van der Waals surface area (Å²) in [5, 5.41) is 10.8. The molecule has 232 valence electrons. The molecule has 0 N–H and O–H groups in total. The number of nitrogens with zero attached hydrogens (tertiary/aromatic N) is 1. The molecule has 0 aliphatic carbocycles. The number of hydrogen-bond acceptors (Lipinski definition) is 2. The Morgan fingerprint density at radius 3 is 1.86 bits per heavy atom. The summed E-state index contributed by atoms with van der Waals surface area (Å²) in [6, 6.07) is 60.9. The van der Waals surface area contributed by atoms with Gasteiger partial charge in [0.25, 0.3) is 0 Å². The van der Waals surface area contributed by atoms with Gasteiger partial charge in [-0.2, -0.15) is 0 Å². The first-order chi connectivity index (χ1) is 24.0. The van der Waals surface area contributed by atoms with Gasteiger partial charge >= 0.3 is 0 Å². The lowest BCUT2D eigenvalue weighted by atomic mass is 10.0. The third-order valence-corrected chi connectivity index (χ3v) is 15.4. The lowest BCUT2D eigenvalue weighted by Crippen LogP contribution is -2.49. The molecule has 9 aromatic rings. The average Bonchev–Trinajstić information content (AvgIpc) is 3.64. The van der Waals surface area contributed by atoms with Crippen molar-refractivity contribution in [2.75, 3.05) is 4.90 Å². The third-order valence-electron chi connectivity index (χ3n) is 10.6. The summed E-state index contributed by atoms with van der Waals surface area (Å²) in [5.74, 6) is 0. The Morgan fingerprint density at radius 1 is 0.449 bits per heavy atom. The zero-order valence-corrected chi connectivity index (χ0v) is 29.3. The van der Waals surface area contributed by atoms with Gasteiger partial charge in [0.2, 0.25) is 0 Å². The topological polar surface area (TPSA) is 3.24 Å². The standard InChI is InChI=1S/C46H33NSSi/c1-49(2)43-26-25-40-39-13-7-8-14-42(39)48-46(40)45(43)41-24-23-38(29-44(41)49)47(37-22-19-31-10-4-6-12-34(31)28-37)36-20-17-32(18-21-36)35-16-15-30-9-3-5-11-33(30)27-35/h3-29H,1-2H3. The van der Waals surface area contributed by atoms with Crippen molar-refractivity contribution < 1.29 is 0 Å². The molecule has 0 saturated carbocycles. The Bertz CT molecular complexity index is 2760. The van der Waals surface area contributed by atoms with E-state index < -0.39 is 8.07 Å². The normalized spacial score (nSPS) is 13.3. The number of fused-ring (bicyclic) bond motifs is 9. The van der Waals surface area contributed by atoms with Crippen LogP contribution in [0.3, 0.4) is 0 Å². The van der Waals surface area contributed by atoms with Crippen LogP contribution >= 0.6 is 11.3 Å². The van der Waals surface area contributed by atoms with Gasteiger partial charge in [0.05, 0.1) is 0 Å². The highest BCUT2D eigenvalue weighted by molar-refractivity contribution is 7.26. The Labute approximate surface area is 291 Å². The van der Waals surface area contributed by atoms with Crippen LogP contribution in [0.2, 0.25) is 13.1 Å². The average molecular weight is 660 g/mol. The fourth-order valence-corrected chi connectivity index (χ4v) is 12.5. The van der Waals surface area contributed by atoms with Gasteiger partial charge in [0.15, 0.2) is 0 Å². The van der Waals surface area contributed by atoms with Gasteiger partial charge in [-0.05, 0) is 103 Å². The van der Waals surface area contributed by atoms with Crippen molar-refractivity contribution >= 4 is 88.6 Å². The van der Waals surface area contributed by atoms with Crippen molar-refractivity contribution in [3.05, 3.63) is 164 Å². The molecule has 0 spiro atoms. The van der Waals surface area contributed by atoms with Crippen LogP contribution in [0, 0.1) is 0 Å². The lowest BCUT2D eigenvalue weighted by molar-refractivity contribution is 1.29. The van der Waals surface area contributed by atoms with Crippen LogP contribution < -0.4 is 15.3 Å². The fraction of sp³-hybridized carbons (Fsp3) is 0.0435. The second kappa shape index (κ2) is 10.8. The molecular formula is C46H33NSSi. The van der Waals surface area contributed by atoms with Crippen LogP contribution in [0.1, 0.15) is 0 Å². The SMILES string of the molecule is C[Si]1(C)c2cc(N(c3ccc(-c4ccc5ccccc5c4)cc3)c3ccc4ccccc4c3)ccc2-c2c1ccc1c2sc2ccccc21. The quantitative estimate of drug-likeness (QED) is 0.170. The molecule has 1 nitrogen and oxygen atoms in total. The number of benzene rings is 8. The van der Waals surface area contributed by atoms with E-state index in [2.05, 4.69) is 182 Å². The molecule has 49 heavy (non-hydrogen) atoms. The second-order valence-corrected chi connectivity index (χ2v) is 19.2. The van der Waals surface area contributed by atoms with Crippen LogP contribution in [0.5, 0.6) is 0 Å². The summed E-state index contributed by atoms with van der Waals surface area (Å²) in [7, 11) is -1.97. The molecule has 10 rings (SSSR count). The van der Waals surface area contributed by atoms with Gasteiger partial charge in [0, 0.05) is 37.2 Å². The maximum Gasteiger partial charge on any atom is 0.114 e. The first-order valence-electron chi connectivity index (χ1n) is 17.0. The molecule has 8 aromatic carbocycles. The third kappa shape index (κ3) is 4.43. The summed E-state index contributed by atoms with van der Waals surface area (Å²) in [4.78, 5) is 2.44. The molecule has 0 saturated heterocycles. The van der Waals surface area contributed by atoms with Gasteiger partial charge in [-0.3, -0.25) is 0 Å². The van der Waals surface area contributed by atoms with E-state index in [1.54, 1.807) is 5.19 Å². The Kier molecular flexibility index (Phi) is 6.26. The van der Waals surface area contributed by atoms with E-state index in [0.29, 0.717) is 0 Å². The molecular weight excluding hydrogens is 627 g/mol. The Balaban J connectivity index is 1.13. The van der Waals surface area contributed by atoms with Crippen molar-refractivity contribution in [3.8, 4) is 22.3 Å². The van der Waals surface area contributed by atoms with Crippen LogP contribution in [0.4, 0.5) is 17.1 Å². The van der Waals surface area contributed by atoms with E-state index in [9.17, 15) is 0 Å². The summed E-state index contributed by atoms with van der Waals surface area (Å²) in [5.41, 5.74) is 8.86. The maximum absolute atomic E-state index is 2.53. The summed E-state index contributed by atoms with van der Waals surface area (Å²) >= 11 is 1.95. The van der Waals surface area contributed by atoms with E-state index in [4.69, 9.17) is 0 Å². The zero-order chi connectivity index (χ0) is 32.7. The Morgan fingerprint density at radius 2 is 1.06 bits per heavy atom. The molecule has 1 aliphatic heterocycles. The van der Waals surface area contributed by atoms with Crippen LogP contribution in [0.25, 0.3) is 64.0 Å². The van der Waals surface area contributed by atoms with E-state index >= 15 is 0 Å². The second-order valence-electron chi connectivity index (χ2n) is 13.8. The van der Waals surface area contributed by atoms with Crippen molar-refractivity contribution in [2.24, 2.45) is 0 Å². The monoisotopic (exact) mass is 659 g/mol. The predicted octanol–water partition coefficient (Wildman–Crippen LogP) is 12.3. The molecule has 0 bridgehead atoms. The number of thiophene rings is 1. The largest absolute Gasteiger partial charge is 0.310 e. The molecule has 0 fully saturated rings. The van der Waals surface area contributed by atoms with Crippen LogP contribution in [-0.4, -0.2) is 8.07 Å². The molecule has 0 amide bonds. The van der Waals surface area contributed by atoms with Crippen molar-refractivity contribution in [3.63, 3.8) is 0 Å². The molecule has 1 aromatic heterocycles.